The van der Waals surface area contributed by atoms with Gasteiger partial charge in [0.25, 0.3) is 0 Å². The fourth-order valence-corrected chi connectivity index (χ4v) is 10.1. The Labute approximate surface area is 298 Å². The van der Waals surface area contributed by atoms with E-state index in [1.807, 2.05) is 11.3 Å². The molecule has 12 rings (SSSR count). The SMILES string of the molecule is c1cc(-c2ccc3c(c2)sc2cc(-c4ccc5ccc6cccc7ccc4c5c67)ccc23)cc(-c2ccc3ccc4cccc5ccc2c3c45)c1. The topological polar surface area (TPSA) is 0 Å². The quantitative estimate of drug-likeness (QED) is 0.165. The van der Waals surface area contributed by atoms with Crippen LogP contribution in [0.3, 0.4) is 0 Å². The molecular weight excluding hydrogens is 633 g/mol. The van der Waals surface area contributed by atoms with Gasteiger partial charge in [-0.1, -0.05) is 152 Å². The maximum absolute atomic E-state index is 2.40. The Kier molecular flexibility index (Phi) is 5.47. The van der Waals surface area contributed by atoms with Crippen LogP contribution in [0.4, 0.5) is 0 Å². The fraction of sp³-hybridized carbons (Fsp3) is 0. The lowest BCUT2D eigenvalue weighted by Crippen LogP contribution is -1.87. The van der Waals surface area contributed by atoms with Crippen LogP contribution in [-0.2, 0) is 0 Å². The van der Waals surface area contributed by atoms with Gasteiger partial charge in [0.2, 0.25) is 0 Å². The van der Waals surface area contributed by atoms with E-state index in [4.69, 9.17) is 0 Å². The Bertz CT molecular complexity index is 3330. The Morgan fingerprint density at radius 3 is 1.20 bits per heavy atom. The molecule has 0 amide bonds. The third kappa shape index (κ3) is 3.90. The van der Waals surface area contributed by atoms with E-state index in [0.29, 0.717) is 0 Å². The number of hydrogen-bond donors (Lipinski definition) is 0. The summed E-state index contributed by atoms with van der Waals surface area (Å²) in [6.45, 7) is 0. The van der Waals surface area contributed by atoms with Crippen LogP contribution in [0.2, 0.25) is 0 Å². The summed E-state index contributed by atoms with van der Waals surface area (Å²) < 4.78 is 2.65. The van der Waals surface area contributed by atoms with Crippen molar-refractivity contribution in [2.75, 3.05) is 0 Å². The molecule has 0 aliphatic heterocycles. The molecule has 1 heteroatoms. The molecule has 234 valence electrons. The molecule has 1 aromatic heterocycles. The van der Waals surface area contributed by atoms with Crippen molar-refractivity contribution in [1.82, 2.24) is 0 Å². The first kappa shape index (κ1) is 27.5. The van der Waals surface area contributed by atoms with Crippen LogP contribution in [-0.4, -0.2) is 0 Å². The van der Waals surface area contributed by atoms with Crippen LogP contribution in [0.5, 0.6) is 0 Å². The molecule has 0 aliphatic rings. The molecule has 11 aromatic carbocycles. The average molecular weight is 661 g/mol. The van der Waals surface area contributed by atoms with Gasteiger partial charge < -0.3 is 0 Å². The van der Waals surface area contributed by atoms with Crippen molar-refractivity contribution >= 4 is 96.1 Å². The van der Waals surface area contributed by atoms with Crippen LogP contribution in [0.15, 0.2) is 170 Å². The highest BCUT2D eigenvalue weighted by atomic mass is 32.1. The summed E-state index contributed by atoms with van der Waals surface area (Å²) in [4.78, 5) is 0. The number of thiophene rings is 1. The first-order valence-electron chi connectivity index (χ1n) is 17.7. The molecule has 0 spiro atoms. The molecule has 0 radical (unpaired) electrons. The third-order valence-corrected chi connectivity index (χ3v) is 12.5. The van der Waals surface area contributed by atoms with E-state index in [1.165, 1.54) is 118 Å². The van der Waals surface area contributed by atoms with Crippen molar-refractivity contribution in [3.05, 3.63) is 170 Å². The number of rotatable bonds is 3. The molecule has 0 nitrogen and oxygen atoms in total. The summed E-state index contributed by atoms with van der Waals surface area (Å²) in [5, 5.41) is 18.6. The predicted octanol–water partition coefficient (Wildman–Crippen LogP) is 14.9. The monoisotopic (exact) mass is 660 g/mol. The second kappa shape index (κ2) is 10.1. The molecule has 0 bridgehead atoms. The van der Waals surface area contributed by atoms with Crippen LogP contribution in [0.1, 0.15) is 0 Å². The molecule has 0 aliphatic carbocycles. The van der Waals surface area contributed by atoms with Crippen molar-refractivity contribution < 1.29 is 0 Å². The minimum absolute atomic E-state index is 1.24. The minimum Gasteiger partial charge on any atom is -0.135 e. The van der Waals surface area contributed by atoms with E-state index in [0.717, 1.165) is 0 Å². The third-order valence-electron chi connectivity index (χ3n) is 11.3. The van der Waals surface area contributed by atoms with Gasteiger partial charge in [-0.05, 0) is 116 Å². The molecule has 0 fully saturated rings. The van der Waals surface area contributed by atoms with Crippen LogP contribution >= 0.6 is 11.3 Å². The minimum atomic E-state index is 1.24. The summed E-state index contributed by atoms with van der Waals surface area (Å²) in [5.41, 5.74) is 7.59. The van der Waals surface area contributed by atoms with Gasteiger partial charge in [-0.3, -0.25) is 0 Å². The maximum atomic E-state index is 2.40. The zero-order chi connectivity index (χ0) is 33.2. The van der Waals surface area contributed by atoms with Gasteiger partial charge in [-0.25, -0.2) is 0 Å². The Morgan fingerprint density at radius 2 is 0.627 bits per heavy atom. The maximum Gasteiger partial charge on any atom is 0.0361 e. The van der Waals surface area contributed by atoms with E-state index in [2.05, 4.69) is 170 Å². The zero-order valence-electron chi connectivity index (χ0n) is 27.6. The Balaban J connectivity index is 0.967. The van der Waals surface area contributed by atoms with Crippen LogP contribution < -0.4 is 0 Å². The van der Waals surface area contributed by atoms with E-state index in [9.17, 15) is 0 Å². The highest BCUT2D eigenvalue weighted by Gasteiger charge is 2.15. The summed E-state index contributed by atoms with van der Waals surface area (Å²) in [7, 11) is 0. The van der Waals surface area contributed by atoms with Crippen LogP contribution in [0.25, 0.3) is 118 Å². The lowest BCUT2D eigenvalue weighted by Gasteiger charge is -2.14. The van der Waals surface area contributed by atoms with Crippen molar-refractivity contribution in [1.29, 1.82) is 0 Å². The first-order valence-corrected chi connectivity index (χ1v) is 18.5. The van der Waals surface area contributed by atoms with Gasteiger partial charge in [0.05, 0.1) is 0 Å². The second-order valence-corrected chi connectivity index (χ2v) is 15.1. The number of fused-ring (bicyclic) bond motifs is 3. The highest BCUT2D eigenvalue weighted by Crippen LogP contribution is 2.44. The molecule has 0 saturated heterocycles. The summed E-state index contributed by atoms with van der Waals surface area (Å²) in [6, 6.07) is 63.8. The zero-order valence-corrected chi connectivity index (χ0v) is 28.4. The van der Waals surface area contributed by atoms with E-state index in [-0.39, 0.29) is 0 Å². The standard InChI is InChI=1S/C50H28S/c1-4-29-10-12-33-14-20-39(43-24-16-31(6-1)47(29)49(33)43)37-9-3-8-35(26-37)36-18-22-41-42-23-19-38(28-46(42)51-45(41)27-36)40-21-15-34-13-11-30-5-2-7-32-17-25-44(40)50(34)48(30)32/h1-28H. The Hall–Kier alpha value is -6.28. The molecule has 0 N–H and O–H groups in total. The number of benzene rings is 11. The first-order chi connectivity index (χ1) is 25.2. The van der Waals surface area contributed by atoms with Crippen LogP contribution in [0, 0.1) is 0 Å². The van der Waals surface area contributed by atoms with E-state index in [1.54, 1.807) is 0 Å². The average Bonchev–Trinajstić information content (AvgIpc) is 3.56. The predicted molar refractivity (Wildman–Crippen MR) is 223 cm³/mol. The molecule has 0 unspecified atom stereocenters. The van der Waals surface area contributed by atoms with E-state index >= 15 is 0 Å². The lowest BCUT2D eigenvalue weighted by atomic mass is 9.89. The molecule has 51 heavy (non-hydrogen) atoms. The molecule has 1 heterocycles. The van der Waals surface area contributed by atoms with Crippen molar-refractivity contribution in [3.63, 3.8) is 0 Å². The van der Waals surface area contributed by atoms with Gasteiger partial charge in [-0.2, -0.15) is 0 Å². The second-order valence-electron chi connectivity index (χ2n) is 14.0. The fourth-order valence-electron chi connectivity index (χ4n) is 8.96. The summed E-state index contributed by atoms with van der Waals surface area (Å²) in [5.74, 6) is 0. The lowest BCUT2D eigenvalue weighted by molar-refractivity contribution is 1.63. The molecule has 12 aromatic rings. The smallest absolute Gasteiger partial charge is 0.0361 e. The van der Waals surface area contributed by atoms with E-state index < -0.39 is 0 Å². The normalized spacial score (nSPS) is 12.3. The van der Waals surface area contributed by atoms with Gasteiger partial charge in [0, 0.05) is 20.2 Å². The molecule has 0 atom stereocenters. The van der Waals surface area contributed by atoms with Crippen molar-refractivity contribution in [2.45, 2.75) is 0 Å². The Morgan fingerprint density at radius 1 is 0.255 bits per heavy atom. The van der Waals surface area contributed by atoms with Crippen molar-refractivity contribution in [3.8, 4) is 33.4 Å². The number of hydrogen-bond acceptors (Lipinski definition) is 1. The summed E-state index contributed by atoms with van der Waals surface area (Å²) in [6.07, 6.45) is 0. The summed E-state index contributed by atoms with van der Waals surface area (Å²) >= 11 is 1.90. The largest absolute Gasteiger partial charge is 0.135 e. The van der Waals surface area contributed by atoms with Gasteiger partial charge >= 0.3 is 0 Å². The van der Waals surface area contributed by atoms with Gasteiger partial charge in [0.15, 0.2) is 0 Å². The molecular formula is C50H28S. The van der Waals surface area contributed by atoms with Gasteiger partial charge in [0.1, 0.15) is 0 Å². The van der Waals surface area contributed by atoms with Crippen molar-refractivity contribution in [2.24, 2.45) is 0 Å². The molecule has 0 saturated carbocycles. The highest BCUT2D eigenvalue weighted by molar-refractivity contribution is 7.25. The van der Waals surface area contributed by atoms with Gasteiger partial charge in [-0.15, -0.1) is 11.3 Å².